The summed E-state index contributed by atoms with van der Waals surface area (Å²) in [6, 6.07) is 7.68. The first-order chi connectivity index (χ1) is 10.7. The summed E-state index contributed by atoms with van der Waals surface area (Å²) in [5, 5.41) is 2.90. The van der Waals surface area contributed by atoms with Gasteiger partial charge in [-0.1, -0.05) is 12.1 Å². The first kappa shape index (κ1) is 16.2. The van der Waals surface area contributed by atoms with Crippen LogP contribution in [0.25, 0.3) is 0 Å². The van der Waals surface area contributed by atoms with Crippen LogP contribution < -0.4 is 5.32 Å². The van der Waals surface area contributed by atoms with Crippen LogP contribution in [0.4, 0.5) is 0 Å². The zero-order valence-corrected chi connectivity index (χ0v) is 13.2. The van der Waals surface area contributed by atoms with Crippen LogP contribution in [0.3, 0.4) is 0 Å². The molecule has 0 bridgehead atoms. The van der Waals surface area contributed by atoms with Crippen molar-refractivity contribution in [3.05, 3.63) is 53.6 Å². The number of amides is 1. The van der Waals surface area contributed by atoms with Crippen LogP contribution in [0.2, 0.25) is 0 Å². The zero-order chi connectivity index (χ0) is 15.8. The van der Waals surface area contributed by atoms with Crippen LogP contribution in [-0.2, 0) is 11.3 Å². The highest BCUT2D eigenvalue weighted by molar-refractivity contribution is 5.94. The molecule has 0 aliphatic heterocycles. The van der Waals surface area contributed by atoms with Gasteiger partial charge in [-0.3, -0.25) is 4.79 Å². The summed E-state index contributed by atoms with van der Waals surface area (Å²) >= 11 is 0. The fourth-order valence-corrected chi connectivity index (χ4v) is 2.15. The van der Waals surface area contributed by atoms with E-state index in [0.29, 0.717) is 25.3 Å². The third kappa shape index (κ3) is 4.70. The van der Waals surface area contributed by atoms with Crippen molar-refractivity contribution in [1.29, 1.82) is 0 Å². The van der Waals surface area contributed by atoms with Crippen LogP contribution >= 0.6 is 0 Å². The molecule has 0 radical (unpaired) electrons. The number of hydrogen-bond donors (Lipinski definition) is 1. The number of rotatable bonds is 8. The predicted molar refractivity (Wildman–Crippen MR) is 86.0 cm³/mol. The van der Waals surface area contributed by atoms with Gasteiger partial charge in [0.1, 0.15) is 5.82 Å². The number of nitrogens with one attached hydrogen (secondary N) is 1. The molecule has 5 heteroatoms. The molecule has 2 aromatic rings. The Morgan fingerprint density at radius 2 is 2.09 bits per heavy atom. The van der Waals surface area contributed by atoms with E-state index in [9.17, 15) is 4.79 Å². The van der Waals surface area contributed by atoms with Gasteiger partial charge in [0.05, 0.1) is 0 Å². The quantitative estimate of drug-likeness (QED) is 0.762. The lowest BCUT2D eigenvalue weighted by atomic mass is 10.1. The number of carbonyl (C=O) groups excluding carboxylic acids is 1. The largest absolute Gasteiger partial charge is 0.382 e. The lowest BCUT2D eigenvalue weighted by molar-refractivity contribution is 0.0944. The zero-order valence-electron chi connectivity index (χ0n) is 13.2. The number of hydrogen-bond acceptors (Lipinski definition) is 3. The maximum absolute atomic E-state index is 12.0. The minimum Gasteiger partial charge on any atom is -0.382 e. The first-order valence-electron chi connectivity index (χ1n) is 7.63. The van der Waals surface area contributed by atoms with Crippen LogP contribution in [0.5, 0.6) is 0 Å². The molecule has 0 aliphatic carbocycles. The smallest absolute Gasteiger partial charge is 0.251 e. The van der Waals surface area contributed by atoms with E-state index in [1.165, 1.54) is 0 Å². The molecule has 0 saturated heterocycles. The Kier molecular flexibility index (Phi) is 6.15. The average Bonchev–Trinajstić information content (AvgIpc) is 2.93. The van der Waals surface area contributed by atoms with Crippen molar-refractivity contribution in [1.82, 2.24) is 14.9 Å². The van der Waals surface area contributed by atoms with Gasteiger partial charge in [-0.25, -0.2) is 4.98 Å². The fraction of sp³-hybridized carbons (Fsp3) is 0.412. The molecule has 0 unspecified atom stereocenters. The van der Waals surface area contributed by atoms with Gasteiger partial charge in [0.2, 0.25) is 0 Å². The second-order valence-electron chi connectivity index (χ2n) is 5.11. The predicted octanol–water partition coefficient (Wildman–Crippen LogP) is 2.40. The second-order valence-corrected chi connectivity index (χ2v) is 5.11. The third-order valence-corrected chi connectivity index (χ3v) is 3.45. The maximum atomic E-state index is 12.0. The molecular weight excluding hydrogens is 278 g/mol. The second kappa shape index (κ2) is 8.34. The van der Waals surface area contributed by atoms with E-state index in [0.717, 1.165) is 24.4 Å². The van der Waals surface area contributed by atoms with Crippen molar-refractivity contribution in [2.45, 2.75) is 26.8 Å². The van der Waals surface area contributed by atoms with Crippen molar-refractivity contribution in [2.24, 2.45) is 0 Å². The summed E-state index contributed by atoms with van der Waals surface area (Å²) in [7, 11) is 0. The maximum Gasteiger partial charge on any atom is 0.251 e. The molecule has 1 heterocycles. The van der Waals surface area contributed by atoms with Gasteiger partial charge in [-0.15, -0.1) is 0 Å². The van der Waals surface area contributed by atoms with Gasteiger partial charge in [0.15, 0.2) is 0 Å². The lowest BCUT2D eigenvalue weighted by Gasteiger charge is -2.08. The summed E-state index contributed by atoms with van der Waals surface area (Å²) in [5.41, 5.74) is 1.83. The Balaban J connectivity index is 1.83. The van der Waals surface area contributed by atoms with Crippen molar-refractivity contribution in [3.63, 3.8) is 0 Å². The summed E-state index contributed by atoms with van der Waals surface area (Å²) in [6.45, 7) is 6.73. The van der Waals surface area contributed by atoms with Crippen LogP contribution in [0, 0.1) is 6.92 Å². The van der Waals surface area contributed by atoms with Crippen molar-refractivity contribution >= 4 is 5.91 Å². The van der Waals surface area contributed by atoms with Gasteiger partial charge in [-0.2, -0.15) is 0 Å². The number of nitrogens with zero attached hydrogens (tertiary/aromatic N) is 2. The molecule has 1 N–H and O–H groups in total. The Morgan fingerprint density at radius 1 is 1.32 bits per heavy atom. The van der Waals surface area contributed by atoms with Gasteiger partial charge in [0.25, 0.3) is 5.91 Å². The molecule has 118 valence electrons. The van der Waals surface area contributed by atoms with Gasteiger partial charge in [-0.05, 0) is 38.0 Å². The molecule has 0 aliphatic rings. The molecule has 0 spiro atoms. The highest BCUT2D eigenvalue weighted by atomic mass is 16.5. The van der Waals surface area contributed by atoms with Gasteiger partial charge >= 0.3 is 0 Å². The highest BCUT2D eigenvalue weighted by Gasteiger charge is 2.05. The monoisotopic (exact) mass is 301 g/mol. The van der Waals surface area contributed by atoms with Crippen molar-refractivity contribution in [3.8, 4) is 0 Å². The van der Waals surface area contributed by atoms with E-state index in [4.69, 9.17) is 4.74 Å². The van der Waals surface area contributed by atoms with Gasteiger partial charge < -0.3 is 14.6 Å². The van der Waals surface area contributed by atoms with E-state index in [1.807, 2.05) is 44.3 Å². The van der Waals surface area contributed by atoms with Crippen LogP contribution in [0.1, 0.15) is 35.1 Å². The molecule has 1 aromatic heterocycles. The minimum absolute atomic E-state index is 0.0399. The Bertz CT molecular complexity index is 590. The number of ether oxygens (including phenoxy) is 1. The summed E-state index contributed by atoms with van der Waals surface area (Å²) in [6.07, 6.45) is 4.57. The molecule has 0 atom stereocenters. The van der Waals surface area contributed by atoms with E-state index < -0.39 is 0 Å². The van der Waals surface area contributed by atoms with E-state index in [1.54, 1.807) is 6.20 Å². The Hall–Kier alpha value is -2.14. The van der Waals surface area contributed by atoms with Crippen LogP contribution in [-0.4, -0.2) is 35.2 Å². The molecule has 2 rings (SSSR count). The number of benzene rings is 1. The fourth-order valence-electron chi connectivity index (χ4n) is 2.15. The number of aryl methyl sites for hydroxylation is 1. The summed E-state index contributed by atoms with van der Waals surface area (Å²) in [4.78, 5) is 16.2. The summed E-state index contributed by atoms with van der Waals surface area (Å²) < 4.78 is 7.31. The molecule has 22 heavy (non-hydrogen) atoms. The molecule has 0 fully saturated rings. The van der Waals surface area contributed by atoms with E-state index in [-0.39, 0.29) is 5.91 Å². The Labute approximate surface area is 131 Å². The number of carbonyl (C=O) groups is 1. The molecule has 1 amide bonds. The molecule has 5 nitrogen and oxygen atoms in total. The molecule has 1 aromatic carbocycles. The topological polar surface area (TPSA) is 56.1 Å². The third-order valence-electron chi connectivity index (χ3n) is 3.45. The number of imidazole rings is 1. The normalized spacial score (nSPS) is 10.6. The minimum atomic E-state index is -0.0399. The highest BCUT2D eigenvalue weighted by Crippen LogP contribution is 2.08. The first-order valence-corrected chi connectivity index (χ1v) is 7.63. The van der Waals surface area contributed by atoms with Crippen molar-refractivity contribution < 1.29 is 9.53 Å². The molecule has 0 saturated carbocycles. The SMILES string of the molecule is CCOCCCNC(=O)c1ccc(Cn2ccnc2C)cc1. The number of aromatic nitrogens is 2. The van der Waals surface area contributed by atoms with E-state index in [2.05, 4.69) is 14.9 Å². The summed E-state index contributed by atoms with van der Waals surface area (Å²) in [5.74, 6) is 0.943. The lowest BCUT2D eigenvalue weighted by Crippen LogP contribution is -2.25. The van der Waals surface area contributed by atoms with E-state index >= 15 is 0 Å². The standard InChI is InChI=1S/C17H23N3O2/c1-3-22-12-4-9-19-17(21)16-7-5-15(6-8-16)13-20-11-10-18-14(20)2/h5-8,10-11H,3-4,9,12-13H2,1-2H3,(H,19,21). The van der Waals surface area contributed by atoms with Crippen molar-refractivity contribution in [2.75, 3.05) is 19.8 Å². The average molecular weight is 301 g/mol. The van der Waals surface area contributed by atoms with Crippen LogP contribution in [0.15, 0.2) is 36.7 Å². The Morgan fingerprint density at radius 3 is 2.73 bits per heavy atom. The molecular formula is C17H23N3O2. The van der Waals surface area contributed by atoms with Gasteiger partial charge in [0, 0.05) is 44.3 Å².